The van der Waals surface area contributed by atoms with Crippen LogP contribution < -0.4 is 4.90 Å². The molecule has 1 saturated heterocycles. The molecule has 2 heterocycles. The molecule has 28 heavy (non-hydrogen) atoms. The number of hydrogen-bond acceptors (Lipinski definition) is 5. The van der Waals surface area contributed by atoms with E-state index in [-0.39, 0.29) is 11.4 Å². The van der Waals surface area contributed by atoms with Crippen LogP contribution in [-0.4, -0.2) is 41.8 Å². The average molecular weight is 386 g/mol. The van der Waals surface area contributed by atoms with Gasteiger partial charge in [-0.2, -0.15) is 18.4 Å². The topological polar surface area (TPSA) is 60.2 Å². The minimum atomic E-state index is -4.41. The Morgan fingerprint density at radius 1 is 1.07 bits per heavy atom. The summed E-state index contributed by atoms with van der Waals surface area (Å²) in [6.07, 6.45) is -2.03. The molecule has 3 rings (SSSR count). The Balaban J connectivity index is 1.64. The number of halogens is 3. The standard InChI is InChI=1S/C20H17F3N4O/c21-20(22,23)17-6-7-18(25-13-17)27-10-8-26(9-11-27)14-16(12-24)19(28)15-4-2-1-3-5-15/h1-7,13-14H,8-11H2. The third-order valence-electron chi connectivity index (χ3n) is 4.43. The van der Waals surface area contributed by atoms with E-state index in [9.17, 15) is 23.2 Å². The molecular weight excluding hydrogens is 369 g/mol. The summed E-state index contributed by atoms with van der Waals surface area (Å²) < 4.78 is 37.9. The van der Waals surface area contributed by atoms with Gasteiger partial charge in [0.1, 0.15) is 17.5 Å². The SMILES string of the molecule is N#CC(=CN1CCN(c2ccc(C(F)(F)F)cn2)CC1)C(=O)c1ccccc1. The van der Waals surface area contributed by atoms with E-state index in [1.165, 1.54) is 6.07 Å². The van der Waals surface area contributed by atoms with E-state index < -0.39 is 11.7 Å². The maximum Gasteiger partial charge on any atom is 0.417 e. The summed E-state index contributed by atoms with van der Waals surface area (Å²) in [5, 5.41) is 9.33. The van der Waals surface area contributed by atoms with E-state index in [4.69, 9.17) is 0 Å². The Kier molecular flexibility index (Phi) is 5.64. The van der Waals surface area contributed by atoms with Gasteiger partial charge in [0.15, 0.2) is 0 Å². The molecule has 0 aliphatic carbocycles. The maximum atomic E-state index is 12.6. The van der Waals surface area contributed by atoms with Crippen molar-refractivity contribution in [3.05, 3.63) is 71.6 Å². The quantitative estimate of drug-likeness (QED) is 0.457. The molecule has 0 unspecified atom stereocenters. The summed E-state index contributed by atoms with van der Waals surface area (Å²) >= 11 is 0. The molecule has 0 atom stereocenters. The van der Waals surface area contributed by atoms with Gasteiger partial charge in [0.05, 0.1) is 5.56 Å². The zero-order chi connectivity index (χ0) is 20.1. The van der Waals surface area contributed by atoms with Crippen LogP contribution in [0.5, 0.6) is 0 Å². The number of ketones is 1. The molecule has 0 radical (unpaired) electrons. The number of carbonyl (C=O) groups is 1. The van der Waals surface area contributed by atoms with E-state index in [0.29, 0.717) is 37.6 Å². The van der Waals surface area contributed by atoms with Gasteiger partial charge in [0.2, 0.25) is 5.78 Å². The Hall–Kier alpha value is -3.34. The Morgan fingerprint density at radius 2 is 1.75 bits per heavy atom. The van der Waals surface area contributed by atoms with Crippen LogP contribution in [-0.2, 0) is 6.18 Å². The largest absolute Gasteiger partial charge is 0.417 e. The van der Waals surface area contributed by atoms with Gasteiger partial charge in [0, 0.05) is 44.1 Å². The Labute approximate surface area is 160 Å². The third-order valence-corrected chi connectivity index (χ3v) is 4.43. The van der Waals surface area contributed by atoms with Crippen molar-refractivity contribution in [3.8, 4) is 6.07 Å². The minimum Gasteiger partial charge on any atom is -0.373 e. The fourth-order valence-corrected chi connectivity index (χ4v) is 2.89. The minimum absolute atomic E-state index is 0.0484. The summed E-state index contributed by atoms with van der Waals surface area (Å²) in [4.78, 5) is 20.1. The molecule has 1 aliphatic heterocycles. The first-order chi connectivity index (χ1) is 13.4. The van der Waals surface area contributed by atoms with Crippen LogP contribution in [0.3, 0.4) is 0 Å². The van der Waals surface area contributed by atoms with E-state index in [1.807, 2.05) is 15.9 Å². The lowest BCUT2D eigenvalue weighted by molar-refractivity contribution is -0.137. The summed E-state index contributed by atoms with van der Waals surface area (Å²) in [7, 11) is 0. The van der Waals surface area contributed by atoms with Crippen molar-refractivity contribution in [3.63, 3.8) is 0 Å². The van der Waals surface area contributed by atoms with Gasteiger partial charge < -0.3 is 9.80 Å². The fourth-order valence-electron chi connectivity index (χ4n) is 2.89. The highest BCUT2D eigenvalue weighted by molar-refractivity contribution is 6.11. The fraction of sp³-hybridized carbons (Fsp3) is 0.250. The lowest BCUT2D eigenvalue weighted by atomic mass is 10.1. The number of nitriles is 1. The van der Waals surface area contributed by atoms with Crippen LogP contribution in [0.4, 0.5) is 19.0 Å². The number of rotatable bonds is 4. The molecule has 0 amide bonds. The molecule has 5 nitrogen and oxygen atoms in total. The zero-order valence-electron chi connectivity index (χ0n) is 14.9. The molecule has 1 aromatic carbocycles. The predicted octanol–water partition coefficient (Wildman–Crippen LogP) is 3.51. The van der Waals surface area contributed by atoms with Crippen LogP contribution in [0.1, 0.15) is 15.9 Å². The summed E-state index contributed by atoms with van der Waals surface area (Å²) in [5.41, 5.74) is -0.286. The van der Waals surface area contributed by atoms with Crippen LogP contribution >= 0.6 is 0 Å². The molecule has 1 aromatic heterocycles. The van der Waals surface area contributed by atoms with Gasteiger partial charge in [-0.25, -0.2) is 4.98 Å². The first-order valence-electron chi connectivity index (χ1n) is 8.62. The highest BCUT2D eigenvalue weighted by Gasteiger charge is 2.31. The molecule has 0 bridgehead atoms. The number of carbonyl (C=O) groups excluding carboxylic acids is 1. The van der Waals surface area contributed by atoms with Gasteiger partial charge >= 0.3 is 6.18 Å². The number of aromatic nitrogens is 1. The van der Waals surface area contributed by atoms with Crippen molar-refractivity contribution < 1.29 is 18.0 Å². The van der Waals surface area contributed by atoms with Crippen molar-refractivity contribution >= 4 is 11.6 Å². The summed E-state index contributed by atoms with van der Waals surface area (Å²) in [6.45, 7) is 2.09. The summed E-state index contributed by atoms with van der Waals surface area (Å²) in [5.74, 6) is 0.132. The molecule has 8 heteroatoms. The second kappa shape index (κ2) is 8.13. The number of allylic oxidation sites excluding steroid dienone is 1. The van der Waals surface area contributed by atoms with Crippen LogP contribution in [0, 0.1) is 11.3 Å². The van der Waals surface area contributed by atoms with Gasteiger partial charge in [-0.1, -0.05) is 30.3 Å². The number of alkyl halides is 3. The molecule has 0 saturated carbocycles. The van der Waals surface area contributed by atoms with E-state index in [0.717, 1.165) is 12.3 Å². The monoisotopic (exact) mass is 386 g/mol. The number of hydrogen-bond donors (Lipinski definition) is 0. The smallest absolute Gasteiger partial charge is 0.373 e. The number of pyridine rings is 1. The van der Waals surface area contributed by atoms with Gasteiger partial charge in [-0.3, -0.25) is 4.79 Å². The third kappa shape index (κ3) is 4.49. The predicted molar refractivity (Wildman–Crippen MR) is 97.5 cm³/mol. The number of benzene rings is 1. The molecule has 0 N–H and O–H groups in total. The number of Topliss-reactive ketones (excluding diaryl/α,β-unsaturated/α-hetero) is 1. The van der Waals surface area contributed by atoms with Crippen molar-refractivity contribution in [2.75, 3.05) is 31.1 Å². The number of nitrogens with zero attached hydrogens (tertiary/aromatic N) is 4. The van der Waals surface area contributed by atoms with Crippen LogP contribution in [0.2, 0.25) is 0 Å². The highest BCUT2D eigenvalue weighted by atomic mass is 19.4. The lowest BCUT2D eigenvalue weighted by Crippen LogP contribution is -2.44. The van der Waals surface area contributed by atoms with E-state index >= 15 is 0 Å². The molecular formula is C20H17F3N4O. The normalized spacial score (nSPS) is 15.3. The first kappa shape index (κ1) is 19.4. The van der Waals surface area contributed by atoms with E-state index in [2.05, 4.69) is 4.98 Å². The first-order valence-corrected chi connectivity index (χ1v) is 8.62. The Bertz CT molecular complexity index is 894. The molecule has 144 valence electrons. The Morgan fingerprint density at radius 3 is 2.29 bits per heavy atom. The van der Waals surface area contributed by atoms with Crippen molar-refractivity contribution in [2.45, 2.75) is 6.18 Å². The van der Waals surface area contributed by atoms with Gasteiger partial charge in [-0.05, 0) is 12.1 Å². The van der Waals surface area contributed by atoms with E-state index in [1.54, 1.807) is 36.5 Å². The molecule has 2 aromatic rings. The van der Waals surface area contributed by atoms with Crippen molar-refractivity contribution in [2.24, 2.45) is 0 Å². The van der Waals surface area contributed by atoms with Crippen LogP contribution in [0.15, 0.2) is 60.4 Å². The van der Waals surface area contributed by atoms with Crippen molar-refractivity contribution in [1.82, 2.24) is 9.88 Å². The molecule has 1 fully saturated rings. The van der Waals surface area contributed by atoms with Crippen LogP contribution in [0.25, 0.3) is 0 Å². The maximum absolute atomic E-state index is 12.6. The number of piperazine rings is 1. The second-order valence-electron chi connectivity index (χ2n) is 6.28. The average Bonchev–Trinajstić information content (AvgIpc) is 2.72. The highest BCUT2D eigenvalue weighted by Crippen LogP contribution is 2.29. The zero-order valence-corrected chi connectivity index (χ0v) is 14.9. The molecule has 0 spiro atoms. The van der Waals surface area contributed by atoms with Gasteiger partial charge in [-0.15, -0.1) is 0 Å². The summed E-state index contributed by atoms with van der Waals surface area (Å²) in [6, 6.07) is 12.9. The molecule has 1 aliphatic rings. The van der Waals surface area contributed by atoms with Crippen molar-refractivity contribution in [1.29, 1.82) is 5.26 Å². The second-order valence-corrected chi connectivity index (χ2v) is 6.28. The lowest BCUT2D eigenvalue weighted by Gasteiger charge is -2.35. The number of anilines is 1. The van der Waals surface area contributed by atoms with Gasteiger partial charge in [0.25, 0.3) is 0 Å².